The lowest BCUT2D eigenvalue weighted by Gasteiger charge is -2.31. The van der Waals surface area contributed by atoms with Crippen LogP contribution in [0.4, 0.5) is 0 Å². The van der Waals surface area contributed by atoms with Gasteiger partial charge < -0.3 is 24.3 Å². The van der Waals surface area contributed by atoms with Gasteiger partial charge >= 0.3 is 5.97 Å². The molecular formula is C29H39NO7S. The molecule has 0 aliphatic carbocycles. The minimum absolute atomic E-state index is 0.0240. The number of hydrogen-bond donors (Lipinski definition) is 1. The molecule has 38 heavy (non-hydrogen) atoms. The second kappa shape index (κ2) is 13.3. The topological polar surface area (TPSA) is 100 Å². The van der Waals surface area contributed by atoms with E-state index in [1.54, 1.807) is 49.4 Å². The molecule has 3 rings (SSSR count). The third-order valence-electron chi connectivity index (χ3n) is 6.59. The van der Waals surface area contributed by atoms with E-state index in [0.29, 0.717) is 23.7 Å². The molecule has 1 aliphatic heterocycles. The van der Waals surface area contributed by atoms with E-state index in [4.69, 9.17) is 18.9 Å². The Morgan fingerprint density at radius 3 is 2.34 bits per heavy atom. The Bertz CT molecular complexity index is 1180. The van der Waals surface area contributed by atoms with E-state index >= 15 is 0 Å². The molecule has 3 atom stereocenters. The van der Waals surface area contributed by atoms with Crippen LogP contribution in [0.5, 0.6) is 11.5 Å². The molecule has 1 heterocycles. The van der Waals surface area contributed by atoms with Crippen LogP contribution in [0, 0.1) is 0 Å². The first kappa shape index (κ1) is 29.7. The maximum atomic E-state index is 14.2. The van der Waals surface area contributed by atoms with Gasteiger partial charge in [0.15, 0.2) is 14.6 Å². The Morgan fingerprint density at radius 2 is 1.79 bits per heavy atom. The average molecular weight is 546 g/mol. The van der Waals surface area contributed by atoms with Crippen molar-refractivity contribution in [3.63, 3.8) is 0 Å². The number of hydrogen-bond acceptors (Lipinski definition) is 8. The number of benzene rings is 2. The molecule has 0 radical (unpaired) electrons. The van der Waals surface area contributed by atoms with Crippen LogP contribution in [-0.2, 0) is 30.5 Å². The van der Waals surface area contributed by atoms with E-state index < -0.39 is 20.6 Å². The summed E-state index contributed by atoms with van der Waals surface area (Å²) in [5.74, 6) is 0.387. The summed E-state index contributed by atoms with van der Waals surface area (Å²) in [6.07, 6.45) is 1.47. The second-order valence-electron chi connectivity index (χ2n) is 9.64. The second-order valence-corrected chi connectivity index (χ2v) is 11.9. The lowest BCUT2D eigenvalue weighted by Crippen LogP contribution is -2.49. The summed E-state index contributed by atoms with van der Waals surface area (Å²) >= 11 is 0. The molecule has 2 aromatic rings. The molecule has 3 unspecified atom stereocenters. The van der Waals surface area contributed by atoms with Gasteiger partial charge in [0.05, 0.1) is 25.2 Å². The molecule has 0 spiro atoms. The van der Waals surface area contributed by atoms with Crippen LogP contribution >= 0.6 is 0 Å². The number of carbonyl (C=O) groups excluding carboxylic acids is 1. The van der Waals surface area contributed by atoms with Crippen LogP contribution in [0.3, 0.4) is 0 Å². The van der Waals surface area contributed by atoms with Crippen molar-refractivity contribution in [3.05, 3.63) is 65.7 Å². The van der Waals surface area contributed by atoms with E-state index in [1.807, 2.05) is 20.8 Å². The third-order valence-corrected chi connectivity index (χ3v) is 8.99. The van der Waals surface area contributed by atoms with Crippen molar-refractivity contribution in [2.75, 3.05) is 33.4 Å². The molecule has 1 saturated heterocycles. The summed E-state index contributed by atoms with van der Waals surface area (Å²) < 4.78 is 48.9. The summed E-state index contributed by atoms with van der Waals surface area (Å²) in [5.41, 5.74) is 1.58. The fraction of sp³-hybridized carbons (Fsp3) is 0.483. The van der Waals surface area contributed by atoms with Gasteiger partial charge in [-0.15, -0.1) is 0 Å². The quantitative estimate of drug-likeness (QED) is 0.314. The minimum Gasteiger partial charge on any atom is -0.497 e. The highest BCUT2D eigenvalue weighted by molar-refractivity contribution is 7.93. The Labute approximate surface area is 226 Å². The van der Waals surface area contributed by atoms with E-state index in [9.17, 15) is 13.2 Å². The van der Waals surface area contributed by atoms with Gasteiger partial charge in [-0.25, -0.2) is 8.42 Å². The standard InChI is InChI=1S/C29H39NO7S/c1-6-35-28(31)29(16-15-21(2)3,38(32,33)26-13-11-24(34-5)12-14-26)19-23-7-9-25(10-8-23)37-22(4)27-20-30-17-18-36-27/h7-15,22,27,30H,6,16-20H2,1-5H3. The van der Waals surface area contributed by atoms with Crippen molar-refractivity contribution in [2.45, 2.75) is 62.4 Å². The van der Waals surface area contributed by atoms with Crippen molar-refractivity contribution >= 4 is 15.8 Å². The van der Waals surface area contributed by atoms with Crippen molar-refractivity contribution < 1.29 is 32.2 Å². The maximum absolute atomic E-state index is 14.2. The SMILES string of the molecule is CCOC(=O)C(CC=C(C)C)(Cc1ccc(OC(C)C2CNCCO2)cc1)S(=O)(=O)c1ccc(OC)cc1. The van der Waals surface area contributed by atoms with Gasteiger partial charge in [-0.3, -0.25) is 4.79 Å². The highest BCUT2D eigenvalue weighted by Crippen LogP contribution is 2.36. The van der Waals surface area contributed by atoms with Gasteiger partial charge in [-0.05, 0) is 76.1 Å². The lowest BCUT2D eigenvalue weighted by atomic mass is 9.94. The van der Waals surface area contributed by atoms with E-state index in [0.717, 1.165) is 18.7 Å². The summed E-state index contributed by atoms with van der Waals surface area (Å²) in [6.45, 7) is 9.61. The molecule has 1 fully saturated rings. The maximum Gasteiger partial charge on any atom is 0.328 e. The van der Waals surface area contributed by atoms with Gasteiger partial charge in [0.2, 0.25) is 0 Å². The first-order valence-corrected chi connectivity index (χ1v) is 14.4. The minimum atomic E-state index is -4.18. The van der Waals surface area contributed by atoms with Crippen LogP contribution in [-0.4, -0.2) is 64.8 Å². The Balaban J connectivity index is 1.96. The first-order valence-electron chi connectivity index (χ1n) is 12.9. The van der Waals surface area contributed by atoms with Gasteiger partial charge in [-0.2, -0.15) is 0 Å². The number of methoxy groups -OCH3 is 1. The average Bonchev–Trinajstić information content (AvgIpc) is 2.92. The zero-order valence-electron chi connectivity index (χ0n) is 22.9. The summed E-state index contributed by atoms with van der Waals surface area (Å²) in [4.78, 5) is 13.5. The van der Waals surface area contributed by atoms with Crippen LogP contribution in [0.25, 0.3) is 0 Å². The van der Waals surface area contributed by atoms with E-state index in [2.05, 4.69) is 5.32 Å². The number of allylic oxidation sites excluding steroid dienone is 2. The molecule has 9 heteroatoms. The molecule has 1 aliphatic rings. The van der Waals surface area contributed by atoms with Crippen LogP contribution in [0.2, 0.25) is 0 Å². The fourth-order valence-corrected chi connectivity index (χ4v) is 6.23. The number of esters is 1. The molecule has 0 saturated carbocycles. The highest BCUT2D eigenvalue weighted by Gasteiger charge is 2.52. The van der Waals surface area contributed by atoms with Gasteiger partial charge in [0, 0.05) is 19.5 Å². The first-order chi connectivity index (χ1) is 18.1. The zero-order chi connectivity index (χ0) is 27.8. The Hall–Kier alpha value is -2.88. The molecule has 1 N–H and O–H groups in total. The molecular weight excluding hydrogens is 506 g/mol. The smallest absolute Gasteiger partial charge is 0.328 e. The van der Waals surface area contributed by atoms with E-state index in [-0.39, 0.29) is 36.6 Å². The number of carbonyl (C=O) groups is 1. The predicted octanol–water partition coefficient (Wildman–Crippen LogP) is 4.13. The summed E-state index contributed by atoms with van der Waals surface area (Å²) in [7, 11) is -2.67. The van der Waals surface area contributed by atoms with Gasteiger partial charge in [-0.1, -0.05) is 23.8 Å². The van der Waals surface area contributed by atoms with Crippen molar-refractivity contribution in [1.29, 1.82) is 0 Å². The molecule has 208 valence electrons. The van der Waals surface area contributed by atoms with Crippen LogP contribution in [0.1, 0.15) is 39.7 Å². The molecule has 2 aromatic carbocycles. The number of nitrogens with one attached hydrogen (secondary N) is 1. The fourth-order valence-electron chi connectivity index (χ4n) is 4.35. The Kier molecular flexibility index (Phi) is 10.4. The lowest BCUT2D eigenvalue weighted by molar-refractivity contribution is -0.146. The Morgan fingerprint density at radius 1 is 1.13 bits per heavy atom. The van der Waals surface area contributed by atoms with Crippen LogP contribution < -0.4 is 14.8 Å². The highest BCUT2D eigenvalue weighted by atomic mass is 32.2. The van der Waals surface area contributed by atoms with Gasteiger partial charge in [0.1, 0.15) is 23.7 Å². The number of ether oxygens (including phenoxy) is 4. The zero-order valence-corrected chi connectivity index (χ0v) is 23.7. The predicted molar refractivity (Wildman–Crippen MR) is 146 cm³/mol. The van der Waals surface area contributed by atoms with Crippen molar-refractivity contribution in [2.24, 2.45) is 0 Å². The molecule has 0 aromatic heterocycles. The molecule has 0 bridgehead atoms. The summed E-state index contributed by atoms with van der Waals surface area (Å²) in [6, 6.07) is 13.2. The normalized spacial score (nSPS) is 18.1. The third kappa shape index (κ3) is 6.95. The molecule has 0 amide bonds. The van der Waals surface area contributed by atoms with Crippen molar-refractivity contribution in [1.82, 2.24) is 5.32 Å². The number of rotatable bonds is 12. The number of sulfone groups is 1. The van der Waals surface area contributed by atoms with E-state index in [1.165, 1.54) is 19.2 Å². The monoisotopic (exact) mass is 545 g/mol. The van der Waals surface area contributed by atoms with Gasteiger partial charge in [0.25, 0.3) is 0 Å². The van der Waals surface area contributed by atoms with Crippen LogP contribution in [0.15, 0.2) is 65.1 Å². The van der Waals surface area contributed by atoms with Crippen molar-refractivity contribution in [3.8, 4) is 11.5 Å². The largest absolute Gasteiger partial charge is 0.497 e. The number of morpholine rings is 1. The molecule has 8 nitrogen and oxygen atoms in total. The summed E-state index contributed by atoms with van der Waals surface area (Å²) in [5, 5.41) is 3.29.